The average molecular weight is 338 g/mol. The highest BCUT2D eigenvalue weighted by molar-refractivity contribution is 5.87. The Labute approximate surface area is 145 Å². The van der Waals surface area contributed by atoms with E-state index < -0.39 is 5.97 Å². The maximum atomic E-state index is 11.9. The van der Waals surface area contributed by atoms with Crippen LogP contribution >= 0.6 is 0 Å². The maximum Gasteiger partial charge on any atom is 0.331 e. The van der Waals surface area contributed by atoms with Gasteiger partial charge in [0, 0.05) is 18.5 Å². The Kier molecular flexibility index (Phi) is 4.70. The van der Waals surface area contributed by atoms with Gasteiger partial charge in [-0.05, 0) is 42.3 Å². The molecule has 2 heterocycles. The zero-order chi connectivity index (χ0) is 17.8. The molecule has 25 heavy (non-hydrogen) atoms. The molecule has 0 radical (unpaired) electrons. The molecular formula is C19H18N2O4. The average Bonchev–Trinajstić information content (AvgIpc) is 3.01. The van der Waals surface area contributed by atoms with E-state index in [2.05, 4.69) is 4.98 Å². The molecule has 1 N–H and O–H groups in total. The number of hydrogen-bond acceptors (Lipinski definition) is 5. The molecule has 0 amide bonds. The molecule has 0 atom stereocenters. The number of fused-ring (bicyclic) bond motifs is 1. The number of phenols is 1. The van der Waals surface area contributed by atoms with E-state index in [-0.39, 0.29) is 12.4 Å². The molecule has 2 aromatic heterocycles. The number of esters is 1. The quantitative estimate of drug-likeness (QED) is 0.571. The van der Waals surface area contributed by atoms with Crippen LogP contribution in [0.1, 0.15) is 16.8 Å². The molecule has 0 aliphatic heterocycles. The number of aromatic hydroxyl groups is 1. The van der Waals surface area contributed by atoms with Crippen LogP contribution in [-0.4, -0.2) is 27.6 Å². The fraction of sp³-hybridized carbons (Fsp3) is 0.158. The van der Waals surface area contributed by atoms with Gasteiger partial charge < -0.3 is 19.0 Å². The first-order valence-electron chi connectivity index (χ1n) is 7.71. The normalized spacial score (nSPS) is 11.1. The summed E-state index contributed by atoms with van der Waals surface area (Å²) in [6.45, 7) is 2.10. The number of aromatic nitrogens is 2. The Hall–Kier alpha value is -3.28. The molecule has 1 aromatic carbocycles. The second-order valence-corrected chi connectivity index (χ2v) is 5.58. The van der Waals surface area contributed by atoms with Crippen molar-refractivity contribution in [2.45, 2.75) is 13.5 Å². The number of benzene rings is 1. The number of imidazole rings is 1. The van der Waals surface area contributed by atoms with Gasteiger partial charge in [-0.25, -0.2) is 9.78 Å². The van der Waals surface area contributed by atoms with Gasteiger partial charge in [0.15, 0.2) is 11.5 Å². The van der Waals surface area contributed by atoms with Crippen molar-refractivity contribution in [3.63, 3.8) is 0 Å². The van der Waals surface area contributed by atoms with E-state index in [4.69, 9.17) is 9.47 Å². The lowest BCUT2D eigenvalue weighted by Gasteiger charge is -2.03. The van der Waals surface area contributed by atoms with Crippen LogP contribution in [0.15, 0.2) is 48.8 Å². The number of rotatable bonds is 5. The molecule has 0 bridgehead atoms. The van der Waals surface area contributed by atoms with Gasteiger partial charge in [-0.2, -0.15) is 0 Å². The van der Waals surface area contributed by atoms with Crippen LogP contribution in [0.4, 0.5) is 0 Å². The number of nitrogens with zero attached hydrogens (tertiary/aromatic N) is 2. The monoisotopic (exact) mass is 338 g/mol. The fourth-order valence-corrected chi connectivity index (χ4v) is 2.38. The Bertz CT molecular complexity index is 944. The minimum atomic E-state index is -0.472. The number of carbonyl (C=O) groups excluding carboxylic acids is 1. The smallest absolute Gasteiger partial charge is 0.331 e. The molecule has 0 aliphatic rings. The number of hydrogen-bond donors (Lipinski definition) is 1. The first-order valence-corrected chi connectivity index (χ1v) is 7.71. The zero-order valence-electron chi connectivity index (χ0n) is 14.0. The third-order valence-electron chi connectivity index (χ3n) is 3.63. The number of pyridine rings is 1. The number of aryl methyl sites for hydroxylation is 1. The predicted molar refractivity (Wildman–Crippen MR) is 93.4 cm³/mol. The lowest BCUT2D eigenvalue weighted by Crippen LogP contribution is -2.00. The highest BCUT2D eigenvalue weighted by Gasteiger charge is 2.05. The van der Waals surface area contributed by atoms with Gasteiger partial charge in [0.25, 0.3) is 0 Å². The summed E-state index contributed by atoms with van der Waals surface area (Å²) in [6, 6.07) is 8.70. The third kappa shape index (κ3) is 3.98. The van der Waals surface area contributed by atoms with Gasteiger partial charge in [-0.1, -0.05) is 12.1 Å². The largest absolute Gasteiger partial charge is 0.504 e. The van der Waals surface area contributed by atoms with Gasteiger partial charge in [0.05, 0.1) is 12.8 Å². The van der Waals surface area contributed by atoms with Crippen LogP contribution in [0.3, 0.4) is 0 Å². The minimum Gasteiger partial charge on any atom is -0.504 e. The molecule has 0 spiro atoms. The van der Waals surface area contributed by atoms with Crippen LogP contribution in [0, 0.1) is 6.92 Å². The molecule has 3 aromatic rings. The number of ether oxygens (including phenoxy) is 2. The topological polar surface area (TPSA) is 73.1 Å². The van der Waals surface area contributed by atoms with Crippen LogP contribution in [0.2, 0.25) is 0 Å². The van der Waals surface area contributed by atoms with Crippen molar-refractivity contribution < 1.29 is 19.4 Å². The van der Waals surface area contributed by atoms with Crippen molar-refractivity contribution in [1.82, 2.24) is 9.38 Å². The number of methoxy groups -OCH3 is 1. The Morgan fingerprint density at radius 3 is 2.92 bits per heavy atom. The molecule has 0 fully saturated rings. The first-order chi connectivity index (χ1) is 12.0. The summed E-state index contributed by atoms with van der Waals surface area (Å²) in [6.07, 6.45) is 6.72. The van der Waals surface area contributed by atoms with Gasteiger partial charge >= 0.3 is 5.97 Å². The van der Waals surface area contributed by atoms with Crippen LogP contribution in [0.25, 0.3) is 11.7 Å². The third-order valence-corrected chi connectivity index (χ3v) is 3.63. The maximum absolute atomic E-state index is 11.9. The molecule has 0 saturated carbocycles. The van der Waals surface area contributed by atoms with Gasteiger partial charge in [-0.15, -0.1) is 0 Å². The van der Waals surface area contributed by atoms with Crippen LogP contribution in [0.5, 0.6) is 11.5 Å². The summed E-state index contributed by atoms with van der Waals surface area (Å²) < 4.78 is 12.1. The van der Waals surface area contributed by atoms with Crippen LogP contribution in [-0.2, 0) is 16.1 Å². The first kappa shape index (κ1) is 16.6. The standard InChI is InChI=1S/C19H18N2O4/c1-13-3-7-18-20-15(11-21(18)10-13)12-25-19(23)8-5-14-4-6-16(22)17(9-14)24-2/h3-11,22H,12H2,1-2H3/b8-5+. The number of phenolic OH excluding ortho intramolecular Hbond substituents is 1. The van der Waals surface area contributed by atoms with E-state index in [1.54, 1.807) is 18.2 Å². The van der Waals surface area contributed by atoms with E-state index in [9.17, 15) is 9.90 Å². The summed E-state index contributed by atoms with van der Waals surface area (Å²) in [5.74, 6) is -0.0832. The van der Waals surface area contributed by atoms with Crippen molar-refractivity contribution in [3.05, 3.63) is 65.6 Å². The molecule has 6 heteroatoms. The Balaban J connectivity index is 1.62. The summed E-state index contributed by atoms with van der Waals surface area (Å²) in [4.78, 5) is 16.2. The molecule has 6 nitrogen and oxygen atoms in total. The minimum absolute atomic E-state index is 0.0457. The second kappa shape index (κ2) is 7.09. The summed E-state index contributed by atoms with van der Waals surface area (Å²) in [7, 11) is 1.47. The molecule has 128 valence electrons. The lowest BCUT2D eigenvalue weighted by atomic mass is 10.2. The lowest BCUT2D eigenvalue weighted by molar-refractivity contribution is -0.139. The van der Waals surface area contributed by atoms with E-state index in [1.165, 1.54) is 19.3 Å². The van der Waals surface area contributed by atoms with Crippen molar-refractivity contribution in [3.8, 4) is 11.5 Å². The zero-order valence-corrected chi connectivity index (χ0v) is 14.0. The molecule has 0 aliphatic carbocycles. The SMILES string of the molecule is COc1cc(/C=C/C(=O)OCc2cn3cc(C)ccc3n2)ccc1O. The van der Waals surface area contributed by atoms with Gasteiger partial charge in [-0.3, -0.25) is 0 Å². The molecular weight excluding hydrogens is 320 g/mol. The highest BCUT2D eigenvalue weighted by Crippen LogP contribution is 2.26. The Morgan fingerprint density at radius 2 is 2.12 bits per heavy atom. The summed E-state index contributed by atoms with van der Waals surface area (Å²) in [5.41, 5.74) is 3.33. The van der Waals surface area contributed by atoms with Crippen molar-refractivity contribution in [2.75, 3.05) is 7.11 Å². The van der Waals surface area contributed by atoms with Crippen molar-refractivity contribution in [1.29, 1.82) is 0 Å². The van der Waals surface area contributed by atoms with E-state index in [1.807, 2.05) is 35.9 Å². The fourth-order valence-electron chi connectivity index (χ4n) is 2.38. The molecule has 0 unspecified atom stereocenters. The van der Waals surface area contributed by atoms with E-state index in [0.717, 1.165) is 16.8 Å². The van der Waals surface area contributed by atoms with Crippen LogP contribution < -0.4 is 4.74 Å². The number of carbonyl (C=O) groups is 1. The second-order valence-electron chi connectivity index (χ2n) is 5.58. The van der Waals surface area contributed by atoms with E-state index >= 15 is 0 Å². The summed E-state index contributed by atoms with van der Waals surface area (Å²) >= 11 is 0. The highest BCUT2D eigenvalue weighted by atomic mass is 16.5. The summed E-state index contributed by atoms with van der Waals surface area (Å²) in [5, 5.41) is 9.55. The molecule has 0 saturated heterocycles. The Morgan fingerprint density at radius 1 is 1.28 bits per heavy atom. The van der Waals surface area contributed by atoms with Gasteiger partial charge in [0.2, 0.25) is 0 Å². The van der Waals surface area contributed by atoms with Gasteiger partial charge in [0.1, 0.15) is 12.3 Å². The molecule has 3 rings (SSSR count). The van der Waals surface area contributed by atoms with Crippen molar-refractivity contribution in [2.24, 2.45) is 0 Å². The predicted octanol–water partition coefficient (Wildman–Crippen LogP) is 3.11. The van der Waals surface area contributed by atoms with E-state index in [0.29, 0.717) is 11.4 Å². The van der Waals surface area contributed by atoms with Crippen molar-refractivity contribution >= 4 is 17.7 Å².